The zero-order chi connectivity index (χ0) is 19.8. The first-order chi connectivity index (χ1) is 12.9. The number of methoxy groups -OCH3 is 1. The molecule has 0 spiro atoms. The summed E-state index contributed by atoms with van der Waals surface area (Å²) in [6, 6.07) is 14.2. The molecule has 0 unspecified atom stereocenters. The molecule has 0 saturated carbocycles. The molecule has 0 heterocycles. The molecule has 0 radical (unpaired) electrons. The van der Waals surface area contributed by atoms with Crippen LogP contribution in [0.25, 0.3) is 6.08 Å². The van der Waals surface area contributed by atoms with Crippen LogP contribution in [0.15, 0.2) is 52.5 Å². The Hall–Kier alpha value is -3.11. The monoisotopic (exact) mass is 428 g/mol. The normalized spacial score (nSPS) is 10.7. The molecule has 0 aliphatic carbocycles. The maximum absolute atomic E-state index is 12.3. The zero-order valence-electron chi connectivity index (χ0n) is 14.8. The van der Waals surface area contributed by atoms with Crippen LogP contribution in [0, 0.1) is 18.3 Å². The molecular weight excluding hydrogens is 412 g/mol. The van der Waals surface area contributed by atoms with Gasteiger partial charge in [-0.3, -0.25) is 4.79 Å². The number of hydrogen-bond donors (Lipinski definition) is 1. The Balaban J connectivity index is 2.13. The molecule has 0 bridgehead atoms. The molecule has 0 fully saturated rings. The fourth-order valence-corrected chi connectivity index (χ4v) is 2.58. The lowest BCUT2D eigenvalue weighted by atomic mass is 10.1. The van der Waals surface area contributed by atoms with Gasteiger partial charge >= 0.3 is 5.97 Å². The van der Waals surface area contributed by atoms with Gasteiger partial charge in [0.25, 0.3) is 5.91 Å². The highest BCUT2D eigenvalue weighted by molar-refractivity contribution is 9.10. The standard InChI is InChI=1S/C20H17BrN2O4/c1-13-3-6-16(7-4-13)23-20(25)15(11-22)9-14-5-8-18(17(21)10-14)27-12-19(24)26-2/h3-10H,12H2,1-2H3,(H,23,25)/b15-9-. The Labute approximate surface area is 165 Å². The number of nitrogens with one attached hydrogen (secondary N) is 1. The molecule has 6 nitrogen and oxygen atoms in total. The number of anilines is 1. The van der Waals surface area contributed by atoms with E-state index in [9.17, 15) is 14.9 Å². The van der Waals surface area contributed by atoms with Gasteiger partial charge in [-0.1, -0.05) is 23.8 Å². The van der Waals surface area contributed by atoms with Gasteiger partial charge in [-0.15, -0.1) is 0 Å². The van der Waals surface area contributed by atoms with Gasteiger partial charge in [0, 0.05) is 5.69 Å². The molecule has 0 aliphatic rings. The van der Waals surface area contributed by atoms with E-state index in [0.29, 0.717) is 21.5 Å². The number of carbonyl (C=O) groups excluding carboxylic acids is 2. The summed E-state index contributed by atoms with van der Waals surface area (Å²) in [5.41, 5.74) is 2.27. The van der Waals surface area contributed by atoms with Crippen LogP contribution >= 0.6 is 15.9 Å². The third-order valence-electron chi connectivity index (χ3n) is 3.51. The second kappa shape index (κ2) is 9.55. The van der Waals surface area contributed by atoms with Crippen molar-refractivity contribution < 1.29 is 19.1 Å². The van der Waals surface area contributed by atoms with Crippen molar-refractivity contribution in [3.05, 3.63) is 63.6 Å². The number of ether oxygens (including phenoxy) is 2. The third-order valence-corrected chi connectivity index (χ3v) is 4.13. The van der Waals surface area contributed by atoms with Gasteiger partial charge in [0.1, 0.15) is 17.4 Å². The van der Waals surface area contributed by atoms with E-state index in [1.807, 2.05) is 25.1 Å². The first-order valence-electron chi connectivity index (χ1n) is 7.92. The summed E-state index contributed by atoms with van der Waals surface area (Å²) < 4.78 is 10.4. The van der Waals surface area contributed by atoms with E-state index in [4.69, 9.17) is 4.74 Å². The topological polar surface area (TPSA) is 88.4 Å². The smallest absolute Gasteiger partial charge is 0.343 e. The number of benzene rings is 2. The maximum atomic E-state index is 12.3. The number of carbonyl (C=O) groups is 2. The number of hydrogen-bond acceptors (Lipinski definition) is 5. The highest BCUT2D eigenvalue weighted by Crippen LogP contribution is 2.27. The van der Waals surface area contributed by atoms with E-state index < -0.39 is 11.9 Å². The molecule has 7 heteroatoms. The molecule has 0 atom stereocenters. The fraction of sp³-hybridized carbons (Fsp3) is 0.150. The maximum Gasteiger partial charge on any atom is 0.343 e. The molecule has 2 aromatic carbocycles. The summed E-state index contributed by atoms with van der Waals surface area (Å²) in [6.07, 6.45) is 1.47. The second-order valence-corrected chi connectivity index (χ2v) is 6.40. The first kappa shape index (κ1) is 20.2. The van der Waals surface area contributed by atoms with Crippen molar-refractivity contribution in [1.82, 2.24) is 0 Å². The lowest BCUT2D eigenvalue weighted by Crippen LogP contribution is -2.13. The number of nitriles is 1. The SMILES string of the molecule is COC(=O)COc1ccc(/C=C(/C#N)C(=O)Nc2ccc(C)cc2)cc1Br. The van der Waals surface area contributed by atoms with Crippen LogP contribution in [-0.4, -0.2) is 25.6 Å². The minimum atomic E-state index is -0.497. The van der Waals surface area contributed by atoms with E-state index >= 15 is 0 Å². The van der Waals surface area contributed by atoms with Crippen molar-refractivity contribution in [3.8, 4) is 11.8 Å². The molecular formula is C20H17BrN2O4. The summed E-state index contributed by atoms with van der Waals surface area (Å²) in [5, 5.41) is 12.0. The van der Waals surface area contributed by atoms with Crippen molar-refractivity contribution in [2.75, 3.05) is 19.0 Å². The minimum absolute atomic E-state index is 0.0364. The van der Waals surface area contributed by atoms with Gasteiger partial charge in [0.2, 0.25) is 0 Å². The fourth-order valence-electron chi connectivity index (χ4n) is 2.07. The number of esters is 1. The van der Waals surface area contributed by atoms with Crippen LogP contribution < -0.4 is 10.1 Å². The molecule has 0 aliphatic heterocycles. The Bertz CT molecular complexity index is 915. The summed E-state index contributed by atoms with van der Waals surface area (Å²) in [5.74, 6) is -0.547. The van der Waals surface area contributed by atoms with Crippen LogP contribution in [-0.2, 0) is 14.3 Å². The van der Waals surface area contributed by atoms with Crippen LogP contribution in [0.5, 0.6) is 5.75 Å². The largest absolute Gasteiger partial charge is 0.481 e. The van der Waals surface area contributed by atoms with Crippen molar-refractivity contribution in [3.63, 3.8) is 0 Å². The van der Waals surface area contributed by atoms with Gasteiger partial charge < -0.3 is 14.8 Å². The van der Waals surface area contributed by atoms with Crippen molar-refractivity contribution in [2.45, 2.75) is 6.92 Å². The Morgan fingerprint density at radius 3 is 2.52 bits per heavy atom. The average molecular weight is 429 g/mol. The van der Waals surface area contributed by atoms with Gasteiger partial charge in [-0.2, -0.15) is 5.26 Å². The summed E-state index contributed by atoms with van der Waals surface area (Å²) >= 11 is 3.34. The van der Waals surface area contributed by atoms with Gasteiger partial charge in [-0.05, 0) is 58.8 Å². The van der Waals surface area contributed by atoms with Crippen molar-refractivity contribution >= 4 is 39.6 Å². The Kier molecular flexibility index (Phi) is 7.15. The molecule has 0 aromatic heterocycles. The molecule has 27 heavy (non-hydrogen) atoms. The number of rotatable bonds is 6. The third kappa shape index (κ3) is 5.97. The van der Waals surface area contributed by atoms with Crippen LogP contribution in [0.3, 0.4) is 0 Å². The van der Waals surface area contributed by atoms with E-state index in [1.54, 1.807) is 30.3 Å². The molecule has 0 saturated heterocycles. The van der Waals surface area contributed by atoms with E-state index in [-0.39, 0.29) is 12.2 Å². The van der Waals surface area contributed by atoms with Crippen molar-refractivity contribution in [1.29, 1.82) is 5.26 Å². The highest BCUT2D eigenvalue weighted by atomic mass is 79.9. The van der Waals surface area contributed by atoms with E-state index in [0.717, 1.165) is 5.56 Å². The van der Waals surface area contributed by atoms with E-state index in [2.05, 4.69) is 26.0 Å². The predicted octanol–water partition coefficient (Wildman–Crippen LogP) is 3.86. The van der Waals surface area contributed by atoms with Gasteiger partial charge in [0.15, 0.2) is 6.61 Å². The van der Waals surface area contributed by atoms with E-state index in [1.165, 1.54) is 13.2 Å². The summed E-state index contributed by atoms with van der Waals surface area (Å²) in [7, 11) is 1.28. The number of amides is 1. The number of halogens is 1. The minimum Gasteiger partial charge on any atom is -0.481 e. The lowest BCUT2D eigenvalue weighted by molar-refractivity contribution is -0.142. The van der Waals surface area contributed by atoms with Crippen LogP contribution in [0.4, 0.5) is 5.69 Å². The number of aryl methyl sites for hydroxylation is 1. The lowest BCUT2D eigenvalue weighted by Gasteiger charge is -2.08. The summed E-state index contributed by atoms with van der Waals surface area (Å²) in [6.45, 7) is 1.73. The molecule has 2 aromatic rings. The molecule has 1 amide bonds. The van der Waals surface area contributed by atoms with Crippen LogP contribution in [0.1, 0.15) is 11.1 Å². The Morgan fingerprint density at radius 2 is 1.93 bits per heavy atom. The second-order valence-electron chi connectivity index (χ2n) is 5.54. The van der Waals surface area contributed by atoms with Gasteiger partial charge in [0.05, 0.1) is 11.6 Å². The Morgan fingerprint density at radius 1 is 1.22 bits per heavy atom. The van der Waals surface area contributed by atoms with Crippen molar-refractivity contribution in [2.24, 2.45) is 0 Å². The first-order valence-corrected chi connectivity index (χ1v) is 8.71. The molecule has 1 N–H and O–H groups in total. The number of nitrogens with zero attached hydrogens (tertiary/aromatic N) is 1. The highest BCUT2D eigenvalue weighted by Gasteiger charge is 2.11. The quantitative estimate of drug-likeness (QED) is 0.428. The molecule has 138 valence electrons. The summed E-state index contributed by atoms with van der Waals surface area (Å²) in [4.78, 5) is 23.4. The predicted molar refractivity (Wildman–Crippen MR) is 105 cm³/mol. The molecule has 2 rings (SSSR count). The van der Waals surface area contributed by atoms with Gasteiger partial charge in [-0.25, -0.2) is 4.79 Å². The van der Waals surface area contributed by atoms with Crippen LogP contribution in [0.2, 0.25) is 0 Å². The average Bonchev–Trinajstić information content (AvgIpc) is 2.66. The zero-order valence-corrected chi connectivity index (χ0v) is 16.4.